The zero-order valence-corrected chi connectivity index (χ0v) is 12.5. The predicted molar refractivity (Wildman–Crippen MR) is 84.0 cm³/mol. The molecule has 0 bridgehead atoms. The molecule has 0 saturated heterocycles. The monoisotopic (exact) mass is 315 g/mol. The van der Waals surface area contributed by atoms with E-state index < -0.39 is 0 Å². The van der Waals surface area contributed by atoms with Gasteiger partial charge in [0.1, 0.15) is 5.75 Å². The highest BCUT2D eigenvalue weighted by Crippen LogP contribution is 2.15. The Morgan fingerprint density at radius 1 is 1.23 bits per heavy atom. The first-order valence-electron chi connectivity index (χ1n) is 6.79. The first kappa shape index (κ1) is 14.4. The molecular weight excluding hydrogens is 302 g/mol. The van der Waals surface area contributed by atoms with E-state index in [0.717, 1.165) is 11.2 Å². The molecule has 0 radical (unpaired) electrons. The van der Waals surface area contributed by atoms with Crippen molar-refractivity contribution in [1.82, 2.24) is 14.9 Å². The number of rotatable bonds is 5. The number of benzene rings is 1. The molecule has 2 heterocycles. The van der Waals surface area contributed by atoms with Crippen molar-refractivity contribution >= 4 is 23.0 Å². The molecule has 2 aromatic heterocycles. The van der Waals surface area contributed by atoms with Gasteiger partial charge in [-0.2, -0.15) is 5.10 Å². The standard InChI is InChI=1S/C16H14ClN3O2/c17-12-4-6-15(7-5-12)22-11-16(21)18-10-13-9-14-3-1-2-8-20(14)19-13/h1-9H,10-11H2,(H,18,21). The van der Waals surface area contributed by atoms with Crippen LogP contribution in [0.1, 0.15) is 5.69 Å². The highest BCUT2D eigenvalue weighted by molar-refractivity contribution is 6.30. The van der Waals surface area contributed by atoms with Crippen molar-refractivity contribution < 1.29 is 9.53 Å². The summed E-state index contributed by atoms with van der Waals surface area (Å²) in [5.41, 5.74) is 1.79. The van der Waals surface area contributed by atoms with Gasteiger partial charge >= 0.3 is 0 Å². The molecule has 1 aromatic carbocycles. The van der Waals surface area contributed by atoms with Gasteiger partial charge in [-0.25, -0.2) is 4.52 Å². The van der Waals surface area contributed by atoms with Gasteiger partial charge in [0.25, 0.3) is 5.91 Å². The van der Waals surface area contributed by atoms with Gasteiger partial charge in [-0.3, -0.25) is 4.79 Å². The van der Waals surface area contributed by atoms with Crippen molar-refractivity contribution in [3.63, 3.8) is 0 Å². The Labute approximate surface area is 132 Å². The number of carbonyl (C=O) groups excluding carboxylic acids is 1. The number of halogens is 1. The number of nitrogens with one attached hydrogen (secondary N) is 1. The topological polar surface area (TPSA) is 55.6 Å². The third-order valence-corrected chi connectivity index (χ3v) is 3.32. The highest BCUT2D eigenvalue weighted by Gasteiger charge is 2.05. The van der Waals surface area contributed by atoms with E-state index in [4.69, 9.17) is 16.3 Å². The zero-order valence-electron chi connectivity index (χ0n) is 11.7. The summed E-state index contributed by atoms with van der Waals surface area (Å²) in [4.78, 5) is 11.8. The number of pyridine rings is 1. The van der Waals surface area contributed by atoms with Crippen molar-refractivity contribution in [2.45, 2.75) is 6.54 Å². The number of amides is 1. The van der Waals surface area contributed by atoms with Crippen LogP contribution in [0, 0.1) is 0 Å². The quantitative estimate of drug-likeness (QED) is 0.787. The maximum Gasteiger partial charge on any atom is 0.258 e. The summed E-state index contributed by atoms with van der Waals surface area (Å²) >= 11 is 5.78. The number of hydrogen-bond acceptors (Lipinski definition) is 3. The molecular formula is C16H14ClN3O2. The first-order chi connectivity index (χ1) is 10.7. The van der Waals surface area contributed by atoms with Gasteiger partial charge in [0.15, 0.2) is 6.61 Å². The van der Waals surface area contributed by atoms with Crippen molar-refractivity contribution in [1.29, 1.82) is 0 Å². The average Bonchev–Trinajstić information content (AvgIpc) is 2.95. The molecule has 3 rings (SSSR count). The van der Waals surface area contributed by atoms with Crippen molar-refractivity contribution in [2.24, 2.45) is 0 Å². The highest BCUT2D eigenvalue weighted by atomic mass is 35.5. The largest absolute Gasteiger partial charge is 0.484 e. The number of ether oxygens (including phenoxy) is 1. The Morgan fingerprint density at radius 2 is 2.05 bits per heavy atom. The van der Waals surface area contributed by atoms with Crippen molar-refractivity contribution in [3.05, 3.63) is 65.4 Å². The molecule has 0 aliphatic heterocycles. The molecule has 0 aliphatic carbocycles. The van der Waals surface area contributed by atoms with Crippen LogP contribution in [0.3, 0.4) is 0 Å². The number of fused-ring (bicyclic) bond motifs is 1. The Morgan fingerprint density at radius 3 is 2.82 bits per heavy atom. The van der Waals surface area contributed by atoms with Gasteiger partial charge in [0, 0.05) is 11.2 Å². The number of aromatic nitrogens is 2. The maximum atomic E-state index is 11.8. The molecule has 0 atom stereocenters. The molecule has 112 valence electrons. The summed E-state index contributed by atoms with van der Waals surface area (Å²) in [5.74, 6) is 0.402. The Bertz CT molecular complexity index is 750. The molecule has 0 spiro atoms. The molecule has 22 heavy (non-hydrogen) atoms. The molecule has 1 amide bonds. The Balaban J connectivity index is 1.50. The normalized spacial score (nSPS) is 10.6. The summed E-state index contributed by atoms with van der Waals surface area (Å²) in [7, 11) is 0. The molecule has 0 aliphatic rings. The number of carbonyl (C=O) groups is 1. The van der Waals surface area contributed by atoms with E-state index in [2.05, 4.69) is 10.4 Å². The molecule has 6 heteroatoms. The van der Waals surface area contributed by atoms with E-state index in [-0.39, 0.29) is 12.5 Å². The van der Waals surface area contributed by atoms with Crippen LogP contribution in [0.25, 0.3) is 5.52 Å². The van der Waals surface area contributed by atoms with E-state index >= 15 is 0 Å². The van der Waals surface area contributed by atoms with Crippen LogP contribution in [0.2, 0.25) is 5.02 Å². The van der Waals surface area contributed by atoms with E-state index in [1.54, 1.807) is 28.8 Å². The Kier molecular flexibility index (Phi) is 4.25. The van der Waals surface area contributed by atoms with E-state index in [1.807, 2.05) is 30.5 Å². The molecule has 0 unspecified atom stereocenters. The number of hydrogen-bond donors (Lipinski definition) is 1. The van der Waals surface area contributed by atoms with Crippen molar-refractivity contribution in [3.8, 4) is 5.75 Å². The van der Waals surface area contributed by atoms with Gasteiger partial charge < -0.3 is 10.1 Å². The first-order valence-corrected chi connectivity index (χ1v) is 7.17. The lowest BCUT2D eigenvalue weighted by molar-refractivity contribution is -0.123. The third-order valence-electron chi connectivity index (χ3n) is 3.07. The fourth-order valence-electron chi connectivity index (χ4n) is 2.00. The minimum Gasteiger partial charge on any atom is -0.484 e. The molecule has 1 N–H and O–H groups in total. The molecule has 3 aromatic rings. The lowest BCUT2D eigenvalue weighted by Gasteiger charge is -2.06. The maximum absolute atomic E-state index is 11.8. The fourth-order valence-corrected chi connectivity index (χ4v) is 2.12. The van der Waals surface area contributed by atoms with E-state index in [0.29, 0.717) is 17.3 Å². The van der Waals surface area contributed by atoms with Gasteiger partial charge in [0.2, 0.25) is 0 Å². The summed E-state index contributed by atoms with van der Waals surface area (Å²) in [6, 6.07) is 14.6. The minimum absolute atomic E-state index is 0.0466. The SMILES string of the molecule is O=C(COc1ccc(Cl)cc1)NCc1cc2ccccn2n1. The van der Waals surface area contributed by atoms with Crippen molar-refractivity contribution in [2.75, 3.05) is 6.61 Å². The lowest BCUT2D eigenvalue weighted by atomic mass is 10.3. The van der Waals surface area contributed by atoms with Crippen LogP contribution in [0.15, 0.2) is 54.7 Å². The second-order valence-electron chi connectivity index (χ2n) is 4.73. The lowest BCUT2D eigenvalue weighted by Crippen LogP contribution is -2.28. The van der Waals surface area contributed by atoms with Gasteiger partial charge in [-0.05, 0) is 42.5 Å². The van der Waals surface area contributed by atoms with Gasteiger partial charge in [-0.15, -0.1) is 0 Å². The zero-order chi connectivity index (χ0) is 15.4. The summed E-state index contributed by atoms with van der Waals surface area (Å²) in [6.45, 7) is 0.319. The average molecular weight is 316 g/mol. The van der Waals surface area contributed by atoms with Gasteiger partial charge in [0.05, 0.1) is 17.8 Å². The third kappa shape index (κ3) is 3.56. The molecule has 5 nitrogen and oxygen atoms in total. The summed E-state index contributed by atoms with van der Waals surface area (Å²) in [5, 5.41) is 7.76. The van der Waals surface area contributed by atoms with E-state index in [1.165, 1.54) is 0 Å². The Hall–Kier alpha value is -2.53. The molecule has 0 fully saturated rings. The second kappa shape index (κ2) is 6.49. The number of nitrogens with zero attached hydrogens (tertiary/aromatic N) is 2. The van der Waals surface area contributed by atoms with Gasteiger partial charge in [-0.1, -0.05) is 17.7 Å². The summed E-state index contributed by atoms with van der Waals surface area (Å²) in [6.07, 6.45) is 1.87. The van der Waals surface area contributed by atoms with E-state index in [9.17, 15) is 4.79 Å². The molecule has 0 saturated carbocycles. The fraction of sp³-hybridized carbons (Fsp3) is 0.125. The smallest absolute Gasteiger partial charge is 0.258 e. The predicted octanol–water partition coefficient (Wildman–Crippen LogP) is 2.68. The summed E-state index contributed by atoms with van der Waals surface area (Å²) < 4.78 is 7.14. The van der Waals surface area contributed by atoms with Crippen LogP contribution in [-0.4, -0.2) is 22.1 Å². The van der Waals surface area contributed by atoms with Crippen LogP contribution in [0.5, 0.6) is 5.75 Å². The van der Waals surface area contributed by atoms with Crippen LogP contribution < -0.4 is 10.1 Å². The van der Waals surface area contributed by atoms with Crippen LogP contribution in [0.4, 0.5) is 0 Å². The minimum atomic E-state index is -0.202. The second-order valence-corrected chi connectivity index (χ2v) is 5.16. The van der Waals surface area contributed by atoms with Crippen LogP contribution in [-0.2, 0) is 11.3 Å². The van der Waals surface area contributed by atoms with Crippen LogP contribution >= 0.6 is 11.6 Å².